The van der Waals surface area contributed by atoms with Gasteiger partial charge in [0, 0.05) is 0 Å². The summed E-state index contributed by atoms with van der Waals surface area (Å²) in [6, 6.07) is 0. The summed E-state index contributed by atoms with van der Waals surface area (Å²) in [6.07, 6.45) is 5.11. The number of anilines is 1. The number of hydrogen-bond acceptors (Lipinski definition) is 4. The van der Waals surface area contributed by atoms with Gasteiger partial charge in [0.2, 0.25) is 0 Å². The van der Waals surface area contributed by atoms with Crippen LogP contribution in [0.3, 0.4) is 0 Å². The first-order valence-electron chi connectivity index (χ1n) is 4.42. The molecule has 0 spiro atoms. The first-order valence-corrected chi connectivity index (χ1v) is 4.42. The van der Waals surface area contributed by atoms with Crippen LogP contribution in [0.2, 0.25) is 0 Å². The molecule has 0 aliphatic rings. The topological polar surface area (TPSA) is 65.4 Å². The van der Waals surface area contributed by atoms with Crippen molar-refractivity contribution in [1.29, 1.82) is 0 Å². The lowest BCUT2D eigenvalue weighted by atomic mass is 10.4. The second-order valence-electron chi connectivity index (χ2n) is 3.32. The molecule has 0 saturated heterocycles. The van der Waals surface area contributed by atoms with Gasteiger partial charge in [-0.1, -0.05) is 0 Å². The number of nitrogens with zero attached hydrogens (tertiary/aromatic N) is 3. The highest BCUT2D eigenvalue weighted by Gasteiger charge is 2.04. The summed E-state index contributed by atoms with van der Waals surface area (Å²) in [5.74, 6) is 0.690. The SMILES string of the molecule is CC(C)Oc1cnc2c(N)cnn2c1. The molecule has 5 nitrogen and oxygen atoms in total. The molecular weight excluding hydrogens is 180 g/mol. The molecule has 0 aliphatic heterocycles. The molecule has 0 saturated carbocycles. The summed E-state index contributed by atoms with van der Waals surface area (Å²) in [6.45, 7) is 3.92. The van der Waals surface area contributed by atoms with E-state index in [1.54, 1.807) is 23.1 Å². The van der Waals surface area contributed by atoms with Crippen molar-refractivity contribution in [1.82, 2.24) is 14.6 Å². The van der Waals surface area contributed by atoms with E-state index in [-0.39, 0.29) is 6.10 Å². The van der Waals surface area contributed by atoms with Gasteiger partial charge in [-0.05, 0) is 13.8 Å². The monoisotopic (exact) mass is 192 g/mol. The molecular formula is C9H12N4O. The summed E-state index contributed by atoms with van der Waals surface area (Å²) in [5.41, 5.74) is 6.87. The van der Waals surface area contributed by atoms with Crippen LogP contribution in [0.5, 0.6) is 5.75 Å². The fourth-order valence-corrected chi connectivity index (χ4v) is 1.21. The lowest BCUT2D eigenvalue weighted by Crippen LogP contribution is -2.06. The molecule has 2 heterocycles. The van der Waals surface area contributed by atoms with Crippen LogP contribution in [-0.2, 0) is 0 Å². The van der Waals surface area contributed by atoms with Crippen LogP contribution in [-0.4, -0.2) is 20.7 Å². The zero-order valence-corrected chi connectivity index (χ0v) is 8.14. The summed E-state index contributed by atoms with van der Waals surface area (Å²) >= 11 is 0. The number of fused-ring (bicyclic) bond motifs is 1. The van der Waals surface area contributed by atoms with E-state index >= 15 is 0 Å². The Balaban J connectivity index is 2.42. The zero-order valence-electron chi connectivity index (χ0n) is 8.14. The minimum Gasteiger partial charge on any atom is -0.488 e. The summed E-state index contributed by atoms with van der Waals surface area (Å²) in [7, 11) is 0. The van der Waals surface area contributed by atoms with Crippen molar-refractivity contribution >= 4 is 11.3 Å². The Kier molecular flexibility index (Phi) is 1.99. The molecule has 2 N–H and O–H groups in total. The molecule has 14 heavy (non-hydrogen) atoms. The Morgan fingerprint density at radius 3 is 2.93 bits per heavy atom. The van der Waals surface area contributed by atoms with Gasteiger partial charge in [0.25, 0.3) is 0 Å². The Bertz CT molecular complexity index is 449. The highest BCUT2D eigenvalue weighted by atomic mass is 16.5. The predicted molar refractivity (Wildman–Crippen MR) is 53.2 cm³/mol. The van der Waals surface area contributed by atoms with Crippen LogP contribution < -0.4 is 10.5 Å². The average Bonchev–Trinajstić information content (AvgIpc) is 2.46. The number of nitrogens with two attached hydrogens (primary N) is 1. The van der Waals surface area contributed by atoms with Crippen molar-refractivity contribution in [3.8, 4) is 5.75 Å². The Labute approximate surface area is 81.5 Å². The van der Waals surface area contributed by atoms with E-state index in [1.165, 1.54) is 0 Å². The smallest absolute Gasteiger partial charge is 0.178 e. The quantitative estimate of drug-likeness (QED) is 0.773. The molecule has 2 aromatic rings. The van der Waals surface area contributed by atoms with Crippen LogP contribution >= 0.6 is 0 Å². The van der Waals surface area contributed by atoms with Gasteiger partial charge in [-0.3, -0.25) is 0 Å². The lowest BCUT2D eigenvalue weighted by Gasteiger charge is -2.08. The van der Waals surface area contributed by atoms with Gasteiger partial charge in [-0.15, -0.1) is 0 Å². The molecule has 0 radical (unpaired) electrons. The maximum absolute atomic E-state index is 5.64. The van der Waals surface area contributed by atoms with Crippen LogP contribution in [0, 0.1) is 0 Å². The fraction of sp³-hybridized carbons (Fsp3) is 0.333. The molecule has 0 bridgehead atoms. The van der Waals surface area contributed by atoms with E-state index in [9.17, 15) is 0 Å². The number of nitrogen functional groups attached to an aromatic ring is 1. The van der Waals surface area contributed by atoms with Gasteiger partial charge in [-0.25, -0.2) is 9.50 Å². The lowest BCUT2D eigenvalue weighted by molar-refractivity contribution is 0.240. The van der Waals surface area contributed by atoms with Crippen molar-refractivity contribution < 1.29 is 4.74 Å². The van der Waals surface area contributed by atoms with Crippen LogP contribution in [0.1, 0.15) is 13.8 Å². The maximum Gasteiger partial charge on any atom is 0.178 e. The third-order valence-corrected chi connectivity index (χ3v) is 1.73. The Hall–Kier alpha value is -1.78. The minimum absolute atomic E-state index is 0.127. The van der Waals surface area contributed by atoms with E-state index in [1.807, 2.05) is 13.8 Å². The van der Waals surface area contributed by atoms with Crippen LogP contribution in [0.15, 0.2) is 18.6 Å². The van der Waals surface area contributed by atoms with E-state index in [4.69, 9.17) is 10.5 Å². The predicted octanol–water partition coefficient (Wildman–Crippen LogP) is 1.10. The summed E-state index contributed by atoms with van der Waals surface area (Å²) in [4.78, 5) is 4.14. The van der Waals surface area contributed by atoms with E-state index in [0.717, 1.165) is 0 Å². The minimum atomic E-state index is 0.127. The molecule has 0 amide bonds. The standard InChI is InChI=1S/C9H12N4O/c1-6(2)14-7-3-11-9-8(10)4-12-13(9)5-7/h3-6H,10H2,1-2H3. The van der Waals surface area contributed by atoms with E-state index in [2.05, 4.69) is 10.1 Å². The van der Waals surface area contributed by atoms with Crippen molar-refractivity contribution in [3.63, 3.8) is 0 Å². The fourth-order valence-electron chi connectivity index (χ4n) is 1.21. The van der Waals surface area contributed by atoms with Gasteiger partial charge in [-0.2, -0.15) is 5.10 Å². The molecule has 5 heteroatoms. The molecule has 0 fully saturated rings. The Morgan fingerprint density at radius 2 is 2.21 bits per heavy atom. The molecule has 0 aromatic carbocycles. The van der Waals surface area contributed by atoms with Crippen molar-refractivity contribution in [2.24, 2.45) is 0 Å². The number of ether oxygens (including phenoxy) is 1. The number of hydrogen-bond donors (Lipinski definition) is 1. The third-order valence-electron chi connectivity index (χ3n) is 1.73. The summed E-state index contributed by atoms with van der Waals surface area (Å²) < 4.78 is 7.07. The second kappa shape index (κ2) is 3.17. The highest BCUT2D eigenvalue weighted by Crippen LogP contribution is 2.15. The molecule has 74 valence electrons. The first kappa shape index (κ1) is 8.80. The highest BCUT2D eigenvalue weighted by molar-refractivity contribution is 5.63. The van der Waals surface area contributed by atoms with E-state index < -0.39 is 0 Å². The van der Waals surface area contributed by atoms with Gasteiger partial charge in [0.05, 0.1) is 30.4 Å². The molecule has 0 aliphatic carbocycles. The molecule has 0 unspecified atom stereocenters. The normalized spacial score (nSPS) is 11.1. The molecule has 2 rings (SSSR count). The molecule has 0 atom stereocenters. The van der Waals surface area contributed by atoms with Crippen molar-refractivity contribution in [2.45, 2.75) is 20.0 Å². The van der Waals surface area contributed by atoms with Gasteiger partial charge in [0.15, 0.2) is 11.4 Å². The van der Waals surface area contributed by atoms with Gasteiger partial charge in [0.1, 0.15) is 0 Å². The van der Waals surface area contributed by atoms with E-state index in [0.29, 0.717) is 17.1 Å². The second-order valence-corrected chi connectivity index (χ2v) is 3.32. The van der Waals surface area contributed by atoms with Gasteiger partial charge >= 0.3 is 0 Å². The maximum atomic E-state index is 5.64. The number of aromatic nitrogens is 3. The van der Waals surface area contributed by atoms with Crippen LogP contribution in [0.4, 0.5) is 5.69 Å². The van der Waals surface area contributed by atoms with Crippen LogP contribution in [0.25, 0.3) is 5.65 Å². The van der Waals surface area contributed by atoms with Crippen molar-refractivity contribution in [2.75, 3.05) is 5.73 Å². The third kappa shape index (κ3) is 1.48. The zero-order chi connectivity index (χ0) is 10.1. The largest absolute Gasteiger partial charge is 0.488 e. The Morgan fingerprint density at radius 1 is 1.43 bits per heavy atom. The first-order chi connectivity index (χ1) is 6.66. The summed E-state index contributed by atoms with van der Waals surface area (Å²) in [5, 5.41) is 4.04. The number of rotatable bonds is 2. The average molecular weight is 192 g/mol. The van der Waals surface area contributed by atoms with Crippen molar-refractivity contribution in [3.05, 3.63) is 18.6 Å². The molecule has 2 aromatic heterocycles. The van der Waals surface area contributed by atoms with Gasteiger partial charge < -0.3 is 10.5 Å².